The van der Waals surface area contributed by atoms with Crippen molar-refractivity contribution in [2.45, 2.75) is 77.2 Å². The third kappa shape index (κ3) is 8.10. The van der Waals surface area contributed by atoms with Crippen LogP contribution in [0, 0.1) is 5.92 Å². The average Bonchev–Trinajstić information content (AvgIpc) is 2.72. The normalized spacial score (nSPS) is 16.6. The Balaban J connectivity index is 1.95. The predicted molar refractivity (Wildman–Crippen MR) is 118 cm³/mol. The molecule has 0 aromatic heterocycles. The average molecular weight is 492 g/mol. The molecule has 0 aliphatic heterocycles. The molecule has 1 aromatic rings. The van der Waals surface area contributed by atoms with Crippen molar-refractivity contribution in [3.63, 3.8) is 0 Å². The third-order valence-corrected chi connectivity index (χ3v) is 5.68. The van der Waals surface area contributed by atoms with Crippen molar-refractivity contribution >= 4 is 35.2 Å². The van der Waals surface area contributed by atoms with Crippen LogP contribution in [0.3, 0.4) is 0 Å². The van der Waals surface area contributed by atoms with Crippen LogP contribution in [0.4, 0.5) is 23.7 Å². The number of esters is 1. The van der Waals surface area contributed by atoms with Crippen LogP contribution in [0.15, 0.2) is 18.2 Å². The largest absolute Gasteiger partial charge is 0.451 e. The van der Waals surface area contributed by atoms with Crippen molar-refractivity contribution in [2.75, 3.05) is 5.32 Å². The van der Waals surface area contributed by atoms with Crippen LogP contribution in [0.2, 0.25) is 5.02 Å². The van der Waals surface area contributed by atoms with Crippen LogP contribution >= 0.6 is 11.6 Å². The summed E-state index contributed by atoms with van der Waals surface area (Å²) in [5, 5.41) is 7.47. The van der Waals surface area contributed by atoms with E-state index in [1.54, 1.807) is 13.8 Å². The molecule has 0 bridgehead atoms. The topological polar surface area (TPSA) is 96.5 Å². The zero-order valence-electron chi connectivity index (χ0n) is 18.7. The SMILES string of the molecule is CC(OC(=O)[C@@H](Nc1ccc(C(F)(F)F)cc1Cl)C(C)C)C(=O)NC(=O)NC1CCCCC1. The molecule has 3 amide bonds. The maximum absolute atomic E-state index is 12.8. The number of halogens is 4. The first-order valence-corrected chi connectivity index (χ1v) is 11.2. The summed E-state index contributed by atoms with van der Waals surface area (Å²) in [6.07, 6.45) is -0.973. The number of urea groups is 1. The Morgan fingerprint density at radius 1 is 1.09 bits per heavy atom. The number of nitrogens with one attached hydrogen (secondary N) is 3. The number of carbonyl (C=O) groups is 3. The summed E-state index contributed by atoms with van der Waals surface area (Å²) in [5.41, 5.74) is -0.803. The van der Waals surface area contributed by atoms with E-state index in [2.05, 4.69) is 16.0 Å². The number of alkyl halides is 3. The Kier molecular flexibility index (Phi) is 9.39. The third-order valence-electron chi connectivity index (χ3n) is 5.37. The van der Waals surface area contributed by atoms with Crippen LogP contribution in [0.5, 0.6) is 0 Å². The maximum atomic E-state index is 12.8. The number of amides is 3. The first-order chi connectivity index (χ1) is 15.4. The van der Waals surface area contributed by atoms with Gasteiger partial charge in [0, 0.05) is 6.04 Å². The molecule has 0 heterocycles. The van der Waals surface area contributed by atoms with E-state index in [-0.39, 0.29) is 22.7 Å². The molecule has 0 radical (unpaired) electrons. The molecule has 1 fully saturated rings. The number of anilines is 1. The minimum atomic E-state index is -4.55. The van der Waals surface area contributed by atoms with E-state index in [0.29, 0.717) is 0 Å². The maximum Gasteiger partial charge on any atom is 0.416 e. The fraction of sp³-hybridized carbons (Fsp3) is 0.591. The van der Waals surface area contributed by atoms with Gasteiger partial charge in [-0.1, -0.05) is 44.7 Å². The first-order valence-electron chi connectivity index (χ1n) is 10.8. The lowest BCUT2D eigenvalue weighted by molar-refractivity contribution is -0.156. The molecule has 184 valence electrons. The molecular weight excluding hydrogens is 463 g/mol. The number of ether oxygens (including phenoxy) is 1. The molecule has 1 aliphatic carbocycles. The second-order valence-corrected chi connectivity index (χ2v) is 8.84. The van der Waals surface area contributed by atoms with Crippen molar-refractivity contribution in [3.05, 3.63) is 28.8 Å². The predicted octanol–water partition coefficient (Wildman–Crippen LogP) is 4.89. The van der Waals surface area contributed by atoms with Gasteiger partial charge in [0.2, 0.25) is 0 Å². The molecule has 0 saturated heterocycles. The van der Waals surface area contributed by atoms with Gasteiger partial charge in [0.15, 0.2) is 6.10 Å². The minimum absolute atomic E-state index is 0.00686. The quantitative estimate of drug-likeness (QED) is 0.472. The van der Waals surface area contributed by atoms with Crippen LogP contribution in [0.25, 0.3) is 0 Å². The standard InChI is InChI=1S/C22H29ClF3N3O4/c1-12(2)18(28-17-10-9-14(11-16(17)23)22(24,25)26)20(31)33-13(3)19(30)29-21(32)27-15-7-5-4-6-8-15/h9-13,15,18,28H,4-8H2,1-3H3,(H2,27,29,30,32)/t13?,18-/m0/s1. The van der Waals surface area contributed by atoms with Gasteiger partial charge in [-0.15, -0.1) is 0 Å². The van der Waals surface area contributed by atoms with Gasteiger partial charge in [-0.25, -0.2) is 9.59 Å². The summed E-state index contributed by atoms with van der Waals surface area (Å²) < 4.78 is 43.7. The highest BCUT2D eigenvalue weighted by molar-refractivity contribution is 6.33. The monoisotopic (exact) mass is 491 g/mol. The molecule has 2 rings (SSSR count). The zero-order valence-corrected chi connectivity index (χ0v) is 19.5. The summed E-state index contributed by atoms with van der Waals surface area (Å²) in [6.45, 7) is 4.71. The van der Waals surface area contributed by atoms with E-state index in [1.165, 1.54) is 6.92 Å². The zero-order chi connectivity index (χ0) is 24.8. The number of hydrogen-bond donors (Lipinski definition) is 3. The van der Waals surface area contributed by atoms with Crippen LogP contribution < -0.4 is 16.0 Å². The van der Waals surface area contributed by atoms with Crippen molar-refractivity contribution in [1.29, 1.82) is 0 Å². The van der Waals surface area contributed by atoms with Crippen molar-refractivity contribution in [1.82, 2.24) is 10.6 Å². The van der Waals surface area contributed by atoms with E-state index < -0.39 is 41.8 Å². The Morgan fingerprint density at radius 2 is 1.73 bits per heavy atom. The molecular formula is C22H29ClF3N3O4. The lowest BCUT2D eigenvalue weighted by Gasteiger charge is -2.25. The number of hydrogen-bond acceptors (Lipinski definition) is 5. The summed E-state index contributed by atoms with van der Waals surface area (Å²) in [4.78, 5) is 37.0. The van der Waals surface area contributed by atoms with Gasteiger partial charge < -0.3 is 15.4 Å². The molecule has 7 nitrogen and oxygen atoms in total. The van der Waals surface area contributed by atoms with Crippen molar-refractivity contribution < 1.29 is 32.3 Å². The fourth-order valence-electron chi connectivity index (χ4n) is 3.46. The van der Waals surface area contributed by atoms with Gasteiger partial charge in [0.1, 0.15) is 6.04 Å². The molecule has 1 aromatic carbocycles. The first kappa shape index (κ1) is 26.8. The summed E-state index contributed by atoms with van der Waals surface area (Å²) >= 11 is 5.96. The highest BCUT2D eigenvalue weighted by Crippen LogP contribution is 2.34. The molecule has 3 N–H and O–H groups in total. The second-order valence-electron chi connectivity index (χ2n) is 8.44. The van der Waals surface area contributed by atoms with Crippen molar-refractivity contribution in [2.24, 2.45) is 5.92 Å². The van der Waals surface area contributed by atoms with E-state index in [1.807, 2.05) is 0 Å². The Labute approximate surface area is 195 Å². The van der Waals surface area contributed by atoms with E-state index in [4.69, 9.17) is 16.3 Å². The van der Waals surface area contributed by atoms with E-state index in [9.17, 15) is 27.6 Å². The fourth-order valence-corrected chi connectivity index (χ4v) is 3.69. The minimum Gasteiger partial charge on any atom is -0.451 e. The van der Waals surface area contributed by atoms with Crippen LogP contribution in [-0.2, 0) is 20.5 Å². The molecule has 11 heteroatoms. The highest BCUT2D eigenvalue weighted by atomic mass is 35.5. The van der Waals surface area contributed by atoms with Crippen molar-refractivity contribution in [3.8, 4) is 0 Å². The number of carbonyl (C=O) groups excluding carboxylic acids is 3. The van der Waals surface area contributed by atoms with Crippen LogP contribution in [-0.4, -0.2) is 36.1 Å². The molecule has 2 atom stereocenters. The molecule has 0 spiro atoms. The second kappa shape index (κ2) is 11.6. The van der Waals surface area contributed by atoms with Gasteiger partial charge in [-0.3, -0.25) is 10.1 Å². The molecule has 1 saturated carbocycles. The molecule has 33 heavy (non-hydrogen) atoms. The lowest BCUT2D eigenvalue weighted by Crippen LogP contribution is -2.49. The summed E-state index contributed by atoms with van der Waals surface area (Å²) in [7, 11) is 0. The van der Waals surface area contributed by atoms with Gasteiger partial charge in [-0.05, 0) is 43.9 Å². The van der Waals surface area contributed by atoms with Gasteiger partial charge in [0.05, 0.1) is 16.3 Å². The number of benzene rings is 1. The summed E-state index contributed by atoms with van der Waals surface area (Å²) in [5.74, 6) is -1.94. The number of imide groups is 1. The van der Waals surface area contributed by atoms with Crippen LogP contribution in [0.1, 0.15) is 58.4 Å². The summed E-state index contributed by atoms with van der Waals surface area (Å²) in [6, 6.07) is 1.09. The van der Waals surface area contributed by atoms with Gasteiger partial charge in [0.25, 0.3) is 5.91 Å². The molecule has 1 aliphatic rings. The van der Waals surface area contributed by atoms with E-state index in [0.717, 1.165) is 50.3 Å². The lowest BCUT2D eigenvalue weighted by atomic mass is 9.96. The highest BCUT2D eigenvalue weighted by Gasteiger charge is 2.32. The Bertz CT molecular complexity index is 858. The number of rotatable bonds is 7. The van der Waals surface area contributed by atoms with E-state index >= 15 is 0 Å². The molecule has 1 unspecified atom stereocenters. The Hall–Kier alpha value is -2.49. The van der Waals surface area contributed by atoms with Gasteiger partial charge in [-0.2, -0.15) is 13.2 Å². The van der Waals surface area contributed by atoms with Gasteiger partial charge >= 0.3 is 18.2 Å². The smallest absolute Gasteiger partial charge is 0.416 e. The Morgan fingerprint density at radius 3 is 2.27 bits per heavy atom.